The molecular formula is C17H15N3O5S. The summed E-state index contributed by atoms with van der Waals surface area (Å²) in [6.07, 6.45) is 0. The number of carbonyl (C=O) groups excluding carboxylic acids is 1. The van der Waals surface area contributed by atoms with Crippen molar-refractivity contribution in [1.82, 2.24) is 4.15 Å². The Morgan fingerprint density at radius 1 is 1.08 bits per heavy atom. The average Bonchev–Trinajstić information content (AvgIpc) is 2.91. The molecular weight excluding hydrogens is 358 g/mol. The number of hydrogen-bond donors (Lipinski definition) is 2. The predicted molar refractivity (Wildman–Crippen MR) is 96.1 cm³/mol. The van der Waals surface area contributed by atoms with Crippen LogP contribution in [0.15, 0.2) is 68.8 Å². The van der Waals surface area contributed by atoms with Gasteiger partial charge in [0.1, 0.15) is 5.56 Å². The summed E-state index contributed by atoms with van der Waals surface area (Å²) in [4.78, 5) is 23.0. The first-order chi connectivity index (χ1) is 12.3. The van der Waals surface area contributed by atoms with E-state index in [1.165, 1.54) is 31.2 Å². The van der Waals surface area contributed by atoms with E-state index in [4.69, 9.17) is 10.3 Å². The fourth-order valence-electron chi connectivity index (χ4n) is 2.42. The van der Waals surface area contributed by atoms with Gasteiger partial charge in [0.25, 0.3) is 10.0 Å². The zero-order valence-corrected chi connectivity index (χ0v) is 14.5. The number of aromatic nitrogens is 1. The lowest BCUT2D eigenvalue weighted by atomic mass is 10.1. The first-order valence-corrected chi connectivity index (χ1v) is 8.95. The van der Waals surface area contributed by atoms with Crippen LogP contribution in [-0.2, 0) is 14.8 Å². The maximum absolute atomic E-state index is 12.7. The van der Waals surface area contributed by atoms with Crippen molar-refractivity contribution in [2.75, 3.05) is 11.1 Å². The Kier molecular flexibility index (Phi) is 4.39. The molecule has 0 atom stereocenters. The van der Waals surface area contributed by atoms with E-state index in [2.05, 4.69) is 5.32 Å². The number of nitrogens with zero attached hydrogens (tertiary/aromatic N) is 1. The molecule has 0 saturated carbocycles. The highest BCUT2D eigenvalue weighted by molar-refractivity contribution is 7.89. The van der Waals surface area contributed by atoms with Crippen LogP contribution in [-0.4, -0.2) is 18.5 Å². The number of nitrogens with one attached hydrogen (secondary N) is 1. The highest BCUT2D eigenvalue weighted by Crippen LogP contribution is 2.26. The van der Waals surface area contributed by atoms with Gasteiger partial charge in [-0.05, 0) is 29.8 Å². The maximum Gasteiger partial charge on any atom is 0.369 e. The van der Waals surface area contributed by atoms with Crippen molar-refractivity contribution in [2.24, 2.45) is 0 Å². The van der Waals surface area contributed by atoms with E-state index in [-0.39, 0.29) is 22.2 Å². The Labute approximate surface area is 148 Å². The molecule has 1 aromatic heterocycles. The zero-order valence-electron chi connectivity index (χ0n) is 13.7. The molecule has 3 aromatic rings. The van der Waals surface area contributed by atoms with Gasteiger partial charge in [0.05, 0.1) is 4.90 Å². The van der Waals surface area contributed by atoms with Crippen LogP contribution in [0.5, 0.6) is 0 Å². The van der Waals surface area contributed by atoms with Crippen LogP contribution in [0.4, 0.5) is 11.5 Å². The summed E-state index contributed by atoms with van der Waals surface area (Å²) < 4.78 is 30.8. The lowest BCUT2D eigenvalue weighted by Gasteiger charge is -2.07. The van der Waals surface area contributed by atoms with Crippen molar-refractivity contribution < 1.29 is 17.7 Å². The lowest BCUT2D eigenvalue weighted by Crippen LogP contribution is -2.15. The fraction of sp³-hybridized carbons (Fsp3) is 0.0588. The predicted octanol–water partition coefficient (Wildman–Crippen LogP) is 1.89. The minimum absolute atomic E-state index is 0.0240. The quantitative estimate of drug-likeness (QED) is 0.719. The van der Waals surface area contributed by atoms with Crippen LogP contribution in [0.3, 0.4) is 0 Å². The average molecular weight is 373 g/mol. The summed E-state index contributed by atoms with van der Waals surface area (Å²) in [5.41, 5.74) is 5.90. The number of nitrogens with two attached hydrogens (primary N) is 1. The molecule has 26 heavy (non-hydrogen) atoms. The third-order valence-corrected chi connectivity index (χ3v) is 5.15. The highest BCUT2D eigenvalue weighted by atomic mass is 32.2. The normalized spacial score (nSPS) is 11.3. The van der Waals surface area contributed by atoms with Crippen LogP contribution in [0.1, 0.15) is 6.92 Å². The maximum atomic E-state index is 12.7. The molecule has 0 bridgehead atoms. The SMILES string of the molecule is CC(=O)Nc1ccc(S(=O)(=O)n2oc(=O)c(-c3ccccc3)c2N)cc1. The van der Waals surface area contributed by atoms with Gasteiger partial charge in [0.2, 0.25) is 5.91 Å². The number of nitrogen functional groups attached to an aromatic ring is 1. The monoisotopic (exact) mass is 373 g/mol. The van der Waals surface area contributed by atoms with Crippen LogP contribution in [0.25, 0.3) is 11.1 Å². The van der Waals surface area contributed by atoms with Crippen molar-refractivity contribution >= 4 is 27.4 Å². The minimum atomic E-state index is -4.21. The van der Waals surface area contributed by atoms with E-state index < -0.39 is 15.6 Å². The molecule has 3 N–H and O–H groups in total. The molecule has 3 rings (SSSR count). The number of carbonyl (C=O) groups is 1. The first kappa shape index (κ1) is 17.5. The van der Waals surface area contributed by atoms with Crippen molar-refractivity contribution in [3.05, 3.63) is 65.0 Å². The van der Waals surface area contributed by atoms with Crippen molar-refractivity contribution in [3.63, 3.8) is 0 Å². The molecule has 0 unspecified atom stereocenters. The first-order valence-electron chi connectivity index (χ1n) is 7.51. The Hall–Kier alpha value is -3.33. The standard InChI is InChI=1S/C17H15N3O5S/c1-11(21)19-13-7-9-14(10-8-13)26(23,24)20-16(18)15(17(22)25-20)12-5-3-2-4-6-12/h2-10H,18H2,1H3,(H,19,21). The molecule has 0 radical (unpaired) electrons. The van der Waals surface area contributed by atoms with Gasteiger partial charge < -0.3 is 15.6 Å². The van der Waals surface area contributed by atoms with Crippen molar-refractivity contribution in [2.45, 2.75) is 11.8 Å². The Morgan fingerprint density at radius 2 is 1.69 bits per heavy atom. The summed E-state index contributed by atoms with van der Waals surface area (Å²) >= 11 is 0. The molecule has 1 amide bonds. The molecule has 134 valence electrons. The summed E-state index contributed by atoms with van der Waals surface area (Å²) in [5, 5.41) is 2.53. The van der Waals surface area contributed by atoms with Gasteiger partial charge in [0, 0.05) is 12.6 Å². The van der Waals surface area contributed by atoms with Crippen molar-refractivity contribution in [3.8, 4) is 11.1 Å². The van der Waals surface area contributed by atoms with Gasteiger partial charge in [-0.1, -0.05) is 34.5 Å². The van der Waals surface area contributed by atoms with Gasteiger partial charge in [-0.2, -0.15) is 8.42 Å². The topological polar surface area (TPSA) is 124 Å². The summed E-state index contributed by atoms with van der Waals surface area (Å²) in [7, 11) is -4.21. The molecule has 1 heterocycles. The van der Waals surface area contributed by atoms with Crippen LogP contribution < -0.4 is 16.7 Å². The number of hydrogen-bond acceptors (Lipinski definition) is 6. The summed E-state index contributed by atoms with van der Waals surface area (Å²) in [6, 6.07) is 13.8. The van der Waals surface area contributed by atoms with E-state index in [9.17, 15) is 18.0 Å². The molecule has 8 nitrogen and oxygen atoms in total. The van der Waals surface area contributed by atoms with Crippen LogP contribution >= 0.6 is 0 Å². The molecule has 0 fully saturated rings. The largest absolute Gasteiger partial charge is 0.381 e. The van der Waals surface area contributed by atoms with Gasteiger partial charge in [-0.15, -0.1) is 0 Å². The molecule has 0 aliphatic carbocycles. The zero-order chi connectivity index (χ0) is 18.9. The van der Waals surface area contributed by atoms with Gasteiger partial charge >= 0.3 is 5.63 Å². The fourth-order valence-corrected chi connectivity index (χ4v) is 3.61. The minimum Gasteiger partial charge on any atom is -0.381 e. The van der Waals surface area contributed by atoms with Crippen LogP contribution in [0.2, 0.25) is 0 Å². The summed E-state index contributed by atoms with van der Waals surface area (Å²) in [5.74, 6) is -0.596. The number of anilines is 2. The third-order valence-electron chi connectivity index (χ3n) is 3.58. The van der Waals surface area contributed by atoms with E-state index in [0.29, 0.717) is 15.4 Å². The van der Waals surface area contributed by atoms with E-state index >= 15 is 0 Å². The second kappa shape index (κ2) is 6.52. The van der Waals surface area contributed by atoms with E-state index in [1.807, 2.05) is 0 Å². The molecule has 0 saturated heterocycles. The van der Waals surface area contributed by atoms with Gasteiger partial charge in [-0.25, -0.2) is 4.79 Å². The van der Waals surface area contributed by atoms with E-state index in [1.54, 1.807) is 30.3 Å². The summed E-state index contributed by atoms with van der Waals surface area (Å²) in [6.45, 7) is 1.34. The number of benzene rings is 2. The van der Waals surface area contributed by atoms with Crippen molar-refractivity contribution in [1.29, 1.82) is 0 Å². The molecule has 0 aliphatic rings. The van der Waals surface area contributed by atoms with Gasteiger partial charge in [-0.3, -0.25) is 4.79 Å². The molecule has 0 spiro atoms. The molecule has 2 aromatic carbocycles. The Bertz CT molecular complexity index is 1110. The Morgan fingerprint density at radius 3 is 2.27 bits per heavy atom. The lowest BCUT2D eigenvalue weighted by molar-refractivity contribution is -0.114. The number of rotatable bonds is 4. The van der Waals surface area contributed by atoms with E-state index in [0.717, 1.165) is 0 Å². The second-order valence-electron chi connectivity index (χ2n) is 5.44. The third kappa shape index (κ3) is 3.11. The van der Waals surface area contributed by atoms with Crippen LogP contribution in [0, 0.1) is 0 Å². The van der Waals surface area contributed by atoms with Gasteiger partial charge in [0.15, 0.2) is 5.82 Å². The smallest absolute Gasteiger partial charge is 0.369 e. The highest BCUT2D eigenvalue weighted by Gasteiger charge is 2.26. The number of amides is 1. The molecule has 9 heteroatoms. The second-order valence-corrected chi connectivity index (χ2v) is 7.20. The Balaban J connectivity index is 2.06. The molecule has 0 aliphatic heterocycles.